The van der Waals surface area contributed by atoms with E-state index in [1.165, 1.54) is 0 Å². The second kappa shape index (κ2) is 5.18. The first-order valence-corrected chi connectivity index (χ1v) is 6.11. The van der Waals surface area contributed by atoms with E-state index in [0.29, 0.717) is 5.02 Å². The van der Waals surface area contributed by atoms with Gasteiger partial charge in [-0.2, -0.15) is 0 Å². The summed E-state index contributed by atoms with van der Waals surface area (Å²) in [5, 5.41) is 0.694. The molecule has 1 aromatic carbocycles. The first-order valence-electron chi connectivity index (χ1n) is 4.65. The van der Waals surface area contributed by atoms with E-state index < -0.39 is 0 Å². The molecule has 0 saturated heterocycles. The van der Waals surface area contributed by atoms with E-state index in [4.69, 9.17) is 21.9 Å². The van der Waals surface area contributed by atoms with Crippen LogP contribution in [0.5, 0.6) is 0 Å². The summed E-state index contributed by atoms with van der Waals surface area (Å²) in [6, 6.07) is 7.49. The first-order chi connectivity index (χ1) is 7.72. The van der Waals surface area contributed by atoms with Gasteiger partial charge in [-0.1, -0.05) is 11.6 Å². The largest absolute Gasteiger partial charge is 0.472 e. The molecule has 1 aromatic heterocycles. The minimum Gasteiger partial charge on any atom is -0.472 e. The average Bonchev–Trinajstić information content (AvgIpc) is 2.78. The highest BCUT2D eigenvalue weighted by Gasteiger charge is 2.16. The van der Waals surface area contributed by atoms with Crippen molar-refractivity contribution in [1.29, 1.82) is 0 Å². The predicted molar refractivity (Wildman–Crippen MR) is 72.0 cm³/mol. The molecule has 0 bridgehead atoms. The number of nitrogens with two attached hydrogens (primary N) is 1. The Hall–Kier alpha value is -0.560. The lowest BCUT2D eigenvalue weighted by Crippen LogP contribution is -2.29. The quantitative estimate of drug-likeness (QED) is 0.509. The van der Waals surface area contributed by atoms with Crippen LogP contribution in [0.4, 0.5) is 0 Å². The molecular weight excluding hydrogens is 338 g/mol. The molecule has 1 heterocycles. The molecule has 2 aromatic rings. The lowest BCUT2D eigenvalue weighted by Gasteiger charge is -2.16. The van der Waals surface area contributed by atoms with E-state index in [-0.39, 0.29) is 6.04 Å². The predicted octanol–water partition coefficient (Wildman–Crippen LogP) is 3.09. The Labute approximate surface area is 112 Å². The van der Waals surface area contributed by atoms with Crippen molar-refractivity contribution >= 4 is 34.2 Å². The van der Waals surface area contributed by atoms with Gasteiger partial charge in [0.05, 0.1) is 18.6 Å². The van der Waals surface area contributed by atoms with Gasteiger partial charge in [-0.05, 0) is 52.4 Å². The monoisotopic (exact) mass is 348 g/mol. The molecule has 2 rings (SSSR count). The van der Waals surface area contributed by atoms with E-state index in [9.17, 15) is 0 Å². The van der Waals surface area contributed by atoms with Crippen LogP contribution in [0, 0.1) is 3.57 Å². The fourth-order valence-electron chi connectivity index (χ4n) is 1.54. The molecule has 3 N–H and O–H groups in total. The Balaban J connectivity index is 2.44. The highest BCUT2D eigenvalue weighted by molar-refractivity contribution is 14.1. The molecule has 1 atom stereocenters. The molecule has 0 aliphatic rings. The maximum absolute atomic E-state index is 5.98. The third kappa shape index (κ3) is 2.40. The van der Waals surface area contributed by atoms with Gasteiger partial charge in [-0.3, -0.25) is 5.84 Å². The maximum Gasteiger partial charge on any atom is 0.0954 e. The molecule has 0 fully saturated rings. The third-order valence-electron chi connectivity index (χ3n) is 2.31. The van der Waals surface area contributed by atoms with Gasteiger partial charge in [-0.25, -0.2) is 5.43 Å². The van der Waals surface area contributed by atoms with E-state index in [1.807, 2.05) is 24.3 Å². The number of hydrogen-bond donors (Lipinski definition) is 2. The van der Waals surface area contributed by atoms with Crippen molar-refractivity contribution in [1.82, 2.24) is 5.43 Å². The van der Waals surface area contributed by atoms with Crippen molar-refractivity contribution in [2.24, 2.45) is 5.84 Å². The molecule has 0 aliphatic carbocycles. The molecule has 0 radical (unpaired) electrons. The van der Waals surface area contributed by atoms with Crippen LogP contribution >= 0.6 is 34.2 Å². The molecule has 16 heavy (non-hydrogen) atoms. The van der Waals surface area contributed by atoms with Crippen molar-refractivity contribution in [3.8, 4) is 0 Å². The van der Waals surface area contributed by atoms with Gasteiger partial charge in [0.15, 0.2) is 0 Å². The Bertz CT molecular complexity index is 473. The topological polar surface area (TPSA) is 51.2 Å². The number of hydrogen-bond acceptors (Lipinski definition) is 3. The van der Waals surface area contributed by atoms with Gasteiger partial charge in [0.2, 0.25) is 0 Å². The molecule has 5 heteroatoms. The number of nitrogens with one attached hydrogen (secondary N) is 1. The van der Waals surface area contributed by atoms with Crippen molar-refractivity contribution < 1.29 is 4.42 Å². The van der Waals surface area contributed by atoms with Crippen molar-refractivity contribution in [3.05, 3.63) is 56.5 Å². The highest BCUT2D eigenvalue weighted by Crippen LogP contribution is 2.28. The minimum atomic E-state index is -0.107. The highest BCUT2D eigenvalue weighted by atomic mass is 127. The fraction of sp³-hybridized carbons (Fsp3) is 0.0909. The summed E-state index contributed by atoms with van der Waals surface area (Å²) in [7, 11) is 0. The van der Waals surface area contributed by atoms with Crippen LogP contribution in [-0.2, 0) is 0 Å². The van der Waals surface area contributed by atoms with Crippen molar-refractivity contribution in [3.63, 3.8) is 0 Å². The average molecular weight is 349 g/mol. The Morgan fingerprint density at radius 1 is 1.38 bits per heavy atom. The van der Waals surface area contributed by atoms with Crippen LogP contribution in [0.2, 0.25) is 5.02 Å². The van der Waals surface area contributed by atoms with Gasteiger partial charge in [0.1, 0.15) is 0 Å². The lowest BCUT2D eigenvalue weighted by molar-refractivity contribution is 0.553. The van der Waals surface area contributed by atoms with Crippen LogP contribution in [0.25, 0.3) is 0 Å². The second-order valence-corrected chi connectivity index (χ2v) is 4.92. The SMILES string of the molecule is NNC(c1ccoc1)c1cc(Cl)ccc1I. The number of hydrazine groups is 1. The molecule has 0 saturated carbocycles. The van der Waals surface area contributed by atoms with Crippen molar-refractivity contribution in [2.45, 2.75) is 6.04 Å². The normalized spacial score (nSPS) is 12.7. The molecule has 84 valence electrons. The van der Waals surface area contributed by atoms with Crippen LogP contribution in [0.15, 0.2) is 41.2 Å². The van der Waals surface area contributed by atoms with E-state index in [0.717, 1.165) is 14.7 Å². The Morgan fingerprint density at radius 3 is 2.81 bits per heavy atom. The standard InChI is InChI=1S/C11H10ClIN2O/c12-8-1-2-10(13)9(5-8)11(15-14)7-3-4-16-6-7/h1-6,11,15H,14H2. The summed E-state index contributed by atoms with van der Waals surface area (Å²) in [6.45, 7) is 0. The van der Waals surface area contributed by atoms with E-state index in [2.05, 4.69) is 28.0 Å². The van der Waals surface area contributed by atoms with Crippen LogP contribution in [0.3, 0.4) is 0 Å². The van der Waals surface area contributed by atoms with E-state index >= 15 is 0 Å². The summed E-state index contributed by atoms with van der Waals surface area (Å²) in [5.74, 6) is 5.58. The Morgan fingerprint density at radius 2 is 2.19 bits per heavy atom. The number of halogens is 2. The summed E-state index contributed by atoms with van der Waals surface area (Å²) in [6.07, 6.45) is 3.29. The smallest absolute Gasteiger partial charge is 0.0954 e. The molecule has 1 unspecified atom stereocenters. The van der Waals surface area contributed by atoms with Gasteiger partial charge < -0.3 is 4.42 Å². The Kier molecular flexibility index (Phi) is 3.86. The summed E-state index contributed by atoms with van der Waals surface area (Å²) in [5.41, 5.74) is 4.78. The van der Waals surface area contributed by atoms with Gasteiger partial charge in [0.25, 0.3) is 0 Å². The summed E-state index contributed by atoms with van der Waals surface area (Å²) >= 11 is 8.24. The van der Waals surface area contributed by atoms with Crippen molar-refractivity contribution in [2.75, 3.05) is 0 Å². The molecule has 0 amide bonds. The first kappa shape index (κ1) is 11.9. The van der Waals surface area contributed by atoms with Gasteiger partial charge in [0, 0.05) is 14.2 Å². The zero-order chi connectivity index (χ0) is 11.5. The molecule has 0 spiro atoms. The molecule has 0 aliphatic heterocycles. The van der Waals surface area contributed by atoms with Gasteiger partial charge in [-0.15, -0.1) is 0 Å². The van der Waals surface area contributed by atoms with Crippen LogP contribution in [-0.4, -0.2) is 0 Å². The summed E-state index contributed by atoms with van der Waals surface area (Å²) in [4.78, 5) is 0. The maximum atomic E-state index is 5.98. The molecular formula is C11H10ClIN2O. The summed E-state index contributed by atoms with van der Waals surface area (Å²) < 4.78 is 6.16. The minimum absolute atomic E-state index is 0.107. The zero-order valence-electron chi connectivity index (χ0n) is 8.28. The van der Waals surface area contributed by atoms with Crippen LogP contribution in [0.1, 0.15) is 17.2 Å². The fourth-order valence-corrected chi connectivity index (χ4v) is 2.37. The van der Waals surface area contributed by atoms with Crippen LogP contribution < -0.4 is 11.3 Å². The third-order valence-corrected chi connectivity index (χ3v) is 3.53. The lowest BCUT2D eigenvalue weighted by atomic mass is 10.0. The number of benzene rings is 1. The molecule has 3 nitrogen and oxygen atoms in total. The number of furan rings is 1. The van der Waals surface area contributed by atoms with Gasteiger partial charge >= 0.3 is 0 Å². The zero-order valence-corrected chi connectivity index (χ0v) is 11.2. The second-order valence-electron chi connectivity index (χ2n) is 3.32. The number of rotatable bonds is 3. The van der Waals surface area contributed by atoms with E-state index in [1.54, 1.807) is 12.5 Å².